The molecular formula is C20H22BrN3O3. The topological polar surface area (TPSA) is 76.2 Å². The number of benzene rings is 1. The summed E-state index contributed by atoms with van der Waals surface area (Å²) in [7, 11) is 1.66. The second-order valence-electron chi connectivity index (χ2n) is 6.08. The second kappa shape index (κ2) is 9.41. The lowest BCUT2D eigenvalue weighted by molar-refractivity contribution is -0.120. The van der Waals surface area contributed by atoms with Crippen LogP contribution in [0.4, 0.5) is 0 Å². The second-order valence-corrected chi connectivity index (χ2v) is 7.00. The average molecular weight is 432 g/mol. The van der Waals surface area contributed by atoms with Gasteiger partial charge in [0.1, 0.15) is 24.7 Å². The zero-order valence-corrected chi connectivity index (χ0v) is 16.7. The maximum absolute atomic E-state index is 11.4. The number of fused-ring (bicyclic) bond motifs is 1. The third-order valence-electron chi connectivity index (χ3n) is 4.17. The fraction of sp³-hybridized carbons (Fsp3) is 0.300. The number of aromatic amines is 1. The summed E-state index contributed by atoms with van der Waals surface area (Å²) in [5.41, 5.74) is 2.25. The van der Waals surface area contributed by atoms with Crippen molar-refractivity contribution in [3.05, 3.63) is 52.9 Å². The summed E-state index contributed by atoms with van der Waals surface area (Å²) in [6, 6.07) is 7.84. The van der Waals surface area contributed by atoms with Crippen molar-refractivity contribution in [3.8, 4) is 11.5 Å². The fourth-order valence-corrected chi connectivity index (χ4v) is 3.15. The molecule has 3 rings (SSSR count). The Morgan fingerprint density at radius 1 is 1.19 bits per heavy atom. The first-order valence-corrected chi connectivity index (χ1v) is 9.62. The quantitative estimate of drug-likeness (QED) is 0.504. The number of ether oxygens (including phenoxy) is 2. The van der Waals surface area contributed by atoms with Gasteiger partial charge in [0, 0.05) is 41.2 Å². The first-order valence-electron chi connectivity index (χ1n) is 8.82. The van der Waals surface area contributed by atoms with E-state index in [1.807, 2.05) is 30.5 Å². The van der Waals surface area contributed by atoms with Crippen molar-refractivity contribution in [1.29, 1.82) is 0 Å². The number of nitrogens with zero attached hydrogens (tertiary/aromatic N) is 1. The Labute approximate surface area is 166 Å². The number of nitrogens with one attached hydrogen (secondary N) is 2. The summed E-state index contributed by atoms with van der Waals surface area (Å²) in [5.74, 6) is 1.57. The molecule has 7 heteroatoms. The summed E-state index contributed by atoms with van der Waals surface area (Å²) in [6.45, 7) is 0.872. The van der Waals surface area contributed by atoms with Crippen molar-refractivity contribution in [1.82, 2.24) is 15.3 Å². The molecule has 0 unspecified atom stereocenters. The molecule has 0 radical (unpaired) electrons. The first kappa shape index (κ1) is 19.2. The molecule has 0 aliphatic rings. The molecule has 142 valence electrons. The number of aryl methyl sites for hydroxylation is 1. The van der Waals surface area contributed by atoms with Gasteiger partial charge in [-0.25, -0.2) is 0 Å². The van der Waals surface area contributed by atoms with Crippen LogP contribution in [0.5, 0.6) is 11.5 Å². The van der Waals surface area contributed by atoms with Crippen LogP contribution in [-0.2, 0) is 11.2 Å². The van der Waals surface area contributed by atoms with Crippen LogP contribution in [0.2, 0.25) is 0 Å². The van der Waals surface area contributed by atoms with E-state index in [-0.39, 0.29) is 5.91 Å². The number of hydrogen-bond acceptors (Lipinski definition) is 4. The SMILES string of the molecule is CNC(=O)CCCc1c[nH]c2ccc(OCCOc3cncc(Br)c3)cc12. The summed E-state index contributed by atoms with van der Waals surface area (Å²) in [4.78, 5) is 18.7. The highest BCUT2D eigenvalue weighted by molar-refractivity contribution is 9.10. The van der Waals surface area contributed by atoms with Gasteiger partial charge in [-0.15, -0.1) is 0 Å². The molecule has 0 bridgehead atoms. The third-order valence-corrected chi connectivity index (χ3v) is 4.60. The molecule has 0 saturated carbocycles. The molecule has 27 heavy (non-hydrogen) atoms. The molecular weight excluding hydrogens is 410 g/mol. The number of H-pyrrole nitrogens is 1. The van der Waals surface area contributed by atoms with Gasteiger partial charge in [-0.05, 0) is 58.6 Å². The van der Waals surface area contributed by atoms with E-state index in [0.717, 1.165) is 34.0 Å². The molecule has 1 aromatic carbocycles. The van der Waals surface area contributed by atoms with Gasteiger partial charge < -0.3 is 19.8 Å². The molecule has 0 saturated heterocycles. The molecule has 0 atom stereocenters. The largest absolute Gasteiger partial charge is 0.490 e. The zero-order chi connectivity index (χ0) is 19.1. The maximum Gasteiger partial charge on any atom is 0.219 e. The van der Waals surface area contributed by atoms with Gasteiger partial charge in [0.25, 0.3) is 0 Å². The van der Waals surface area contributed by atoms with Gasteiger partial charge in [-0.1, -0.05) is 0 Å². The molecule has 0 fully saturated rings. The van der Waals surface area contributed by atoms with E-state index in [1.54, 1.807) is 19.4 Å². The van der Waals surface area contributed by atoms with E-state index in [9.17, 15) is 4.79 Å². The first-order chi connectivity index (χ1) is 13.2. The number of amides is 1. The van der Waals surface area contributed by atoms with E-state index >= 15 is 0 Å². The standard InChI is InChI=1S/C20H22BrN3O3/c1-22-20(25)4-2-3-14-11-24-19-6-5-16(10-18(14)19)26-7-8-27-17-9-15(21)12-23-13-17/h5-6,9-13,24H,2-4,7-8H2,1H3,(H,22,25). The Bertz CT molecular complexity index is 910. The van der Waals surface area contributed by atoms with E-state index in [2.05, 4.69) is 31.2 Å². The van der Waals surface area contributed by atoms with Gasteiger partial charge in [0.05, 0.1) is 6.20 Å². The number of rotatable bonds is 9. The molecule has 3 aromatic rings. The predicted molar refractivity (Wildman–Crippen MR) is 108 cm³/mol. The highest BCUT2D eigenvalue weighted by atomic mass is 79.9. The van der Waals surface area contributed by atoms with E-state index in [1.165, 1.54) is 5.56 Å². The number of hydrogen-bond donors (Lipinski definition) is 2. The molecule has 2 N–H and O–H groups in total. The summed E-state index contributed by atoms with van der Waals surface area (Å²) in [5, 5.41) is 3.78. The Morgan fingerprint density at radius 2 is 2.00 bits per heavy atom. The lowest BCUT2D eigenvalue weighted by Crippen LogP contribution is -2.17. The minimum atomic E-state index is 0.0690. The monoisotopic (exact) mass is 431 g/mol. The molecule has 0 aliphatic carbocycles. The molecule has 2 heterocycles. The minimum absolute atomic E-state index is 0.0690. The normalized spacial score (nSPS) is 10.7. The van der Waals surface area contributed by atoms with Gasteiger partial charge >= 0.3 is 0 Å². The third kappa shape index (κ3) is 5.47. The fourth-order valence-electron chi connectivity index (χ4n) is 2.81. The smallest absolute Gasteiger partial charge is 0.219 e. The molecule has 1 amide bonds. The van der Waals surface area contributed by atoms with Crippen LogP contribution >= 0.6 is 15.9 Å². The Kier molecular flexibility index (Phi) is 6.70. The van der Waals surface area contributed by atoms with Crippen molar-refractivity contribution >= 4 is 32.7 Å². The molecule has 2 aromatic heterocycles. The van der Waals surface area contributed by atoms with E-state index < -0.39 is 0 Å². The van der Waals surface area contributed by atoms with Crippen molar-refractivity contribution in [2.24, 2.45) is 0 Å². The van der Waals surface area contributed by atoms with E-state index in [4.69, 9.17) is 9.47 Å². The average Bonchev–Trinajstić information content (AvgIpc) is 3.07. The maximum atomic E-state index is 11.4. The summed E-state index contributed by atoms with van der Waals surface area (Å²) in [6.07, 6.45) is 7.56. The van der Waals surface area contributed by atoms with Crippen molar-refractivity contribution < 1.29 is 14.3 Å². The minimum Gasteiger partial charge on any atom is -0.490 e. The molecule has 6 nitrogen and oxygen atoms in total. The Balaban J connectivity index is 1.54. The van der Waals surface area contributed by atoms with Crippen LogP contribution in [0.3, 0.4) is 0 Å². The predicted octanol–water partition coefficient (Wildman–Crippen LogP) is 3.85. The molecule has 0 aliphatic heterocycles. The Morgan fingerprint density at radius 3 is 2.78 bits per heavy atom. The highest BCUT2D eigenvalue weighted by Crippen LogP contribution is 2.25. The number of halogens is 1. The molecule has 0 spiro atoms. The summed E-state index contributed by atoms with van der Waals surface area (Å²) < 4.78 is 12.3. The zero-order valence-electron chi connectivity index (χ0n) is 15.1. The summed E-state index contributed by atoms with van der Waals surface area (Å²) >= 11 is 3.36. The van der Waals surface area contributed by atoms with Gasteiger partial charge in [0.15, 0.2) is 0 Å². The van der Waals surface area contributed by atoms with Crippen LogP contribution in [0.15, 0.2) is 47.3 Å². The van der Waals surface area contributed by atoms with Crippen LogP contribution in [0, 0.1) is 0 Å². The van der Waals surface area contributed by atoms with Crippen LogP contribution in [0.25, 0.3) is 10.9 Å². The van der Waals surface area contributed by atoms with Crippen LogP contribution in [0.1, 0.15) is 18.4 Å². The lowest BCUT2D eigenvalue weighted by Gasteiger charge is -2.09. The number of carbonyl (C=O) groups excluding carboxylic acids is 1. The Hall–Kier alpha value is -2.54. The van der Waals surface area contributed by atoms with E-state index in [0.29, 0.717) is 25.4 Å². The van der Waals surface area contributed by atoms with Crippen molar-refractivity contribution in [2.75, 3.05) is 20.3 Å². The number of pyridine rings is 1. The van der Waals surface area contributed by atoms with Crippen molar-refractivity contribution in [2.45, 2.75) is 19.3 Å². The van der Waals surface area contributed by atoms with Crippen LogP contribution in [-0.4, -0.2) is 36.1 Å². The number of carbonyl (C=O) groups is 1. The highest BCUT2D eigenvalue weighted by Gasteiger charge is 2.07. The van der Waals surface area contributed by atoms with Crippen molar-refractivity contribution in [3.63, 3.8) is 0 Å². The van der Waals surface area contributed by atoms with Crippen LogP contribution < -0.4 is 14.8 Å². The lowest BCUT2D eigenvalue weighted by atomic mass is 10.1. The number of aromatic nitrogens is 2. The van der Waals surface area contributed by atoms with Gasteiger partial charge in [0.2, 0.25) is 5.91 Å². The van der Waals surface area contributed by atoms with Gasteiger partial charge in [-0.2, -0.15) is 0 Å². The van der Waals surface area contributed by atoms with Gasteiger partial charge in [-0.3, -0.25) is 9.78 Å².